The van der Waals surface area contributed by atoms with Crippen molar-refractivity contribution < 1.29 is 32.0 Å². The van der Waals surface area contributed by atoms with E-state index in [0.717, 1.165) is 0 Å². The Morgan fingerprint density at radius 2 is 2.00 bits per heavy atom. The van der Waals surface area contributed by atoms with Crippen LogP contribution in [0.4, 0.5) is 0 Å². The molecular formula is CH3AgNO2. The van der Waals surface area contributed by atoms with Crippen LogP contribution in [0.15, 0.2) is 0 Å². The van der Waals surface area contributed by atoms with Crippen LogP contribution in [0, 0.1) is 0 Å². The van der Waals surface area contributed by atoms with Crippen LogP contribution in [-0.4, -0.2) is 6.47 Å². The van der Waals surface area contributed by atoms with Gasteiger partial charge in [0, 0.05) is 22.4 Å². The maximum atomic E-state index is 8.83. The van der Waals surface area contributed by atoms with E-state index in [1.54, 1.807) is 0 Å². The third-order valence-corrected chi connectivity index (χ3v) is 0.0556. The number of hydrogen-bond donors (Lipinski definition) is 1. The van der Waals surface area contributed by atoms with Crippen molar-refractivity contribution in [3.05, 3.63) is 0 Å². The SMILES string of the molecule is NOC=O.[Ag]. The van der Waals surface area contributed by atoms with Crippen LogP contribution >= 0.6 is 0 Å². The zero-order valence-corrected chi connectivity index (χ0v) is 3.75. The second-order valence-corrected chi connectivity index (χ2v) is 0.232. The first-order chi connectivity index (χ1) is 1.91. The van der Waals surface area contributed by atoms with Gasteiger partial charge in [0.2, 0.25) is 0 Å². The van der Waals surface area contributed by atoms with E-state index in [2.05, 4.69) is 10.7 Å². The fourth-order valence-corrected chi connectivity index (χ4v) is 0. The summed E-state index contributed by atoms with van der Waals surface area (Å²) in [7, 11) is 0. The molecule has 0 fully saturated rings. The number of carbonyl (C=O) groups excluding carboxylic acids is 1. The maximum absolute atomic E-state index is 8.83. The molecule has 5 heavy (non-hydrogen) atoms. The molecule has 0 heterocycles. The zero-order valence-electron chi connectivity index (χ0n) is 2.27. The molecule has 0 saturated carbocycles. The van der Waals surface area contributed by atoms with Crippen molar-refractivity contribution in [3.63, 3.8) is 0 Å². The fraction of sp³-hybridized carbons (Fsp3) is 0. The summed E-state index contributed by atoms with van der Waals surface area (Å²) in [5, 5.41) is 0. The van der Waals surface area contributed by atoms with Gasteiger partial charge < -0.3 is 4.84 Å². The minimum Gasteiger partial charge on any atom is -0.376 e. The molecule has 3 nitrogen and oxygen atoms in total. The molecule has 0 aromatic heterocycles. The van der Waals surface area contributed by atoms with Gasteiger partial charge in [-0.3, -0.25) is 4.79 Å². The van der Waals surface area contributed by atoms with Gasteiger partial charge in [-0.05, 0) is 0 Å². The van der Waals surface area contributed by atoms with Crippen LogP contribution in [-0.2, 0) is 32.0 Å². The largest absolute Gasteiger partial charge is 0.376 e. The predicted octanol–water partition coefficient (Wildman–Crippen LogP) is -0.969. The van der Waals surface area contributed by atoms with Gasteiger partial charge in [-0.2, -0.15) is 5.90 Å². The summed E-state index contributed by atoms with van der Waals surface area (Å²) in [5.74, 6) is 4.16. The van der Waals surface area contributed by atoms with Crippen molar-refractivity contribution in [2.45, 2.75) is 0 Å². The standard InChI is InChI=1S/CH3NO2.Ag/c2-4-1-3;/h1H,2H2;. The molecule has 0 aromatic carbocycles. The molecular weight excluding hydrogens is 166 g/mol. The predicted molar refractivity (Wildman–Crippen MR) is 11.3 cm³/mol. The maximum Gasteiger partial charge on any atom is 0.312 e. The van der Waals surface area contributed by atoms with Crippen LogP contribution < -0.4 is 5.90 Å². The van der Waals surface area contributed by atoms with Crippen LogP contribution in [0.1, 0.15) is 0 Å². The van der Waals surface area contributed by atoms with Gasteiger partial charge in [-0.15, -0.1) is 0 Å². The average molecular weight is 169 g/mol. The summed E-state index contributed by atoms with van der Waals surface area (Å²) in [6, 6.07) is 0. The molecule has 2 N–H and O–H groups in total. The summed E-state index contributed by atoms with van der Waals surface area (Å²) in [4.78, 5) is 12.2. The van der Waals surface area contributed by atoms with Gasteiger partial charge in [0.25, 0.3) is 0 Å². The third-order valence-electron chi connectivity index (χ3n) is 0.0556. The number of nitrogens with two attached hydrogens (primary N) is 1. The number of carbonyl (C=O) groups is 1. The Labute approximate surface area is 44.9 Å². The molecule has 0 aliphatic carbocycles. The first-order valence-electron chi connectivity index (χ1n) is 0.707. The normalized spacial score (nSPS) is 4.20. The van der Waals surface area contributed by atoms with Crippen molar-refractivity contribution in [1.29, 1.82) is 0 Å². The Balaban J connectivity index is 0. The Morgan fingerprint density at radius 3 is 2.00 bits per heavy atom. The Hall–Kier alpha value is 0.170. The van der Waals surface area contributed by atoms with E-state index in [-0.39, 0.29) is 28.9 Å². The van der Waals surface area contributed by atoms with Gasteiger partial charge >= 0.3 is 6.47 Å². The molecule has 0 aliphatic rings. The average Bonchev–Trinajstić information content (AvgIpc) is 1.37. The van der Waals surface area contributed by atoms with Gasteiger partial charge in [0.1, 0.15) is 0 Å². The number of rotatable bonds is 1. The second kappa shape index (κ2) is 8.90. The van der Waals surface area contributed by atoms with Crippen molar-refractivity contribution >= 4 is 6.47 Å². The van der Waals surface area contributed by atoms with Crippen molar-refractivity contribution in [2.75, 3.05) is 0 Å². The summed E-state index contributed by atoms with van der Waals surface area (Å²) >= 11 is 0. The van der Waals surface area contributed by atoms with Crippen molar-refractivity contribution in [1.82, 2.24) is 0 Å². The van der Waals surface area contributed by atoms with E-state index >= 15 is 0 Å². The van der Waals surface area contributed by atoms with Crippen LogP contribution in [0.2, 0.25) is 0 Å². The molecule has 0 unspecified atom stereocenters. The minimum absolute atomic E-state index is 0. The quantitative estimate of drug-likeness (QED) is 0.312. The van der Waals surface area contributed by atoms with Crippen LogP contribution in [0.3, 0.4) is 0 Å². The van der Waals surface area contributed by atoms with Gasteiger partial charge in [0.05, 0.1) is 0 Å². The van der Waals surface area contributed by atoms with Gasteiger partial charge in [-0.1, -0.05) is 0 Å². The summed E-state index contributed by atoms with van der Waals surface area (Å²) < 4.78 is 0. The molecule has 0 saturated heterocycles. The zero-order chi connectivity index (χ0) is 3.41. The van der Waals surface area contributed by atoms with E-state index in [1.807, 2.05) is 0 Å². The fourth-order valence-electron chi connectivity index (χ4n) is 0. The molecule has 35 valence electrons. The Bertz CT molecular complexity index is 23.6. The van der Waals surface area contributed by atoms with Crippen molar-refractivity contribution in [3.8, 4) is 0 Å². The van der Waals surface area contributed by atoms with Gasteiger partial charge in [0.15, 0.2) is 0 Å². The van der Waals surface area contributed by atoms with E-state index < -0.39 is 0 Å². The molecule has 0 aromatic rings. The van der Waals surface area contributed by atoms with E-state index in [9.17, 15) is 0 Å². The van der Waals surface area contributed by atoms with Crippen LogP contribution in [0.5, 0.6) is 0 Å². The monoisotopic (exact) mass is 168 g/mol. The first kappa shape index (κ1) is 8.95. The Morgan fingerprint density at radius 1 is 1.80 bits per heavy atom. The molecule has 0 aliphatic heterocycles. The summed E-state index contributed by atoms with van der Waals surface area (Å²) in [6.07, 6.45) is 0. The minimum atomic E-state index is 0. The van der Waals surface area contributed by atoms with E-state index in [1.165, 1.54) is 0 Å². The third kappa shape index (κ3) is 14.3. The van der Waals surface area contributed by atoms with Gasteiger partial charge in [-0.25, -0.2) is 0 Å². The van der Waals surface area contributed by atoms with E-state index in [0.29, 0.717) is 0 Å². The molecule has 0 bridgehead atoms. The molecule has 1 radical (unpaired) electrons. The molecule has 4 heteroatoms. The topological polar surface area (TPSA) is 52.3 Å². The van der Waals surface area contributed by atoms with E-state index in [4.69, 9.17) is 4.79 Å². The molecule has 0 amide bonds. The molecule has 0 spiro atoms. The number of hydrogen-bond acceptors (Lipinski definition) is 3. The second-order valence-electron chi connectivity index (χ2n) is 0.232. The smallest absolute Gasteiger partial charge is 0.312 e. The summed E-state index contributed by atoms with van der Waals surface area (Å²) in [5.41, 5.74) is 0. The molecule has 0 rings (SSSR count). The van der Waals surface area contributed by atoms with Crippen molar-refractivity contribution in [2.24, 2.45) is 5.90 Å². The Kier molecular flexibility index (Phi) is 15.9. The molecule has 0 atom stereocenters. The first-order valence-corrected chi connectivity index (χ1v) is 0.707. The van der Waals surface area contributed by atoms with Crippen LogP contribution in [0.25, 0.3) is 0 Å². The summed E-state index contributed by atoms with van der Waals surface area (Å²) in [6.45, 7) is 0.153.